The lowest BCUT2D eigenvalue weighted by molar-refractivity contribution is -0.145. The van der Waals surface area contributed by atoms with Crippen molar-refractivity contribution >= 4 is 11.9 Å². The second-order valence-electron chi connectivity index (χ2n) is 7.31. The highest BCUT2D eigenvalue weighted by Gasteiger charge is 2.07. The Bertz CT molecular complexity index is 326. The molecule has 0 rings (SSSR count). The summed E-state index contributed by atoms with van der Waals surface area (Å²) < 4.78 is 10.3. The van der Waals surface area contributed by atoms with Gasteiger partial charge in [0.15, 0.2) is 0 Å². The zero-order chi connectivity index (χ0) is 18.8. The van der Waals surface area contributed by atoms with Crippen LogP contribution in [0.5, 0.6) is 0 Å². The molecule has 0 atom stereocenters. The number of hydrogen-bond donors (Lipinski definition) is 0. The van der Waals surface area contributed by atoms with Crippen LogP contribution in [0, 0.1) is 5.92 Å². The van der Waals surface area contributed by atoms with Gasteiger partial charge in [-0.2, -0.15) is 0 Å². The molecule has 0 aromatic carbocycles. The van der Waals surface area contributed by atoms with Crippen LogP contribution in [-0.4, -0.2) is 25.2 Å². The fourth-order valence-electron chi connectivity index (χ4n) is 2.53. The molecular formula is C21H40O4. The number of carbonyl (C=O) groups is 2. The molecule has 0 spiro atoms. The molecule has 0 amide bonds. The molecule has 0 aromatic rings. The van der Waals surface area contributed by atoms with Crippen LogP contribution in [-0.2, 0) is 19.1 Å². The summed E-state index contributed by atoms with van der Waals surface area (Å²) >= 11 is 0. The summed E-state index contributed by atoms with van der Waals surface area (Å²) in [5, 5.41) is 0. The minimum Gasteiger partial charge on any atom is -0.466 e. The molecule has 4 heteroatoms. The molecule has 0 aliphatic heterocycles. The van der Waals surface area contributed by atoms with E-state index in [2.05, 4.69) is 20.8 Å². The van der Waals surface area contributed by atoms with Crippen molar-refractivity contribution in [2.75, 3.05) is 13.2 Å². The van der Waals surface area contributed by atoms with Gasteiger partial charge in [0.25, 0.3) is 0 Å². The van der Waals surface area contributed by atoms with Gasteiger partial charge in [0.1, 0.15) is 0 Å². The highest BCUT2D eigenvalue weighted by molar-refractivity contribution is 5.72. The van der Waals surface area contributed by atoms with E-state index in [4.69, 9.17) is 9.47 Å². The Morgan fingerprint density at radius 3 is 1.68 bits per heavy atom. The van der Waals surface area contributed by atoms with Crippen molar-refractivity contribution in [3.63, 3.8) is 0 Å². The van der Waals surface area contributed by atoms with Gasteiger partial charge < -0.3 is 9.47 Å². The highest BCUT2D eigenvalue weighted by atomic mass is 16.5. The van der Waals surface area contributed by atoms with Crippen molar-refractivity contribution in [3.8, 4) is 0 Å². The Kier molecular flexibility index (Phi) is 17.0. The average molecular weight is 357 g/mol. The molecule has 0 bridgehead atoms. The molecule has 0 radical (unpaired) electrons. The molecule has 4 nitrogen and oxygen atoms in total. The Morgan fingerprint density at radius 1 is 0.680 bits per heavy atom. The Labute approximate surface area is 155 Å². The molecule has 0 aromatic heterocycles. The van der Waals surface area contributed by atoms with E-state index < -0.39 is 0 Å². The maximum absolute atomic E-state index is 11.6. The highest BCUT2D eigenvalue weighted by Crippen LogP contribution is 2.10. The van der Waals surface area contributed by atoms with E-state index in [9.17, 15) is 9.59 Å². The van der Waals surface area contributed by atoms with Crippen molar-refractivity contribution in [2.24, 2.45) is 5.92 Å². The van der Waals surface area contributed by atoms with E-state index in [-0.39, 0.29) is 11.9 Å². The molecule has 0 aliphatic carbocycles. The molecule has 0 saturated carbocycles. The SMILES string of the molecule is CCCCCCCCCCCOC(=O)CCCC(=O)OCCC(C)C. The maximum atomic E-state index is 11.6. The van der Waals surface area contributed by atoms with Crippen molar-refractivity contribution in [1.29, 1.82) is 0 Å². The average Bonchev–Trinajstić information content (AvgIpc) is 2.56. The summed E-state index contributed by atoms with van der Waals surface area (Å²) in [6.07, 6.45) is 13.3. The van der Waals surface area contributed by atoms with Gasteiger partial charge in [-0.1, -0.05) is 72.1 Å². The normalized spacial score (nSPS) is 10.9. The molecule has 0 heterocycles. The third kappa shape index (κ3) is 19.1. The van der Waals surface area contributed by atoms with Gasteiger partial charge >= 0.3 is 11.9 Å². The summed E-state index contributed by atoms with van der Waals surface area (Å²) in [5.74, 6) is 0.116. The largest absolute Gasteiger partial charge is 0.466 e. The molecule has 0 saturated heterocycles. The van der Waals surface area contributed by atoms with Crippen molar-refractivity contribution < 1.29 is 19.1 Å². The first-order valence-electron chi connectivity index (χ1n) is 10.4. The van der Waals surface area contributed by atoms with E-state index >= 15 is 0 Å². The number of carbonyl (C=O) groups excluding carboxylic acids is 2. The van der Waals surface area contributed by atoms with E-state index in [1.165, 1.54) is 44.9 Å². The first-order valence-corrected chi connectivity index (χ1v) is 10.4. The Hall–Kier alpha value is -1.06. The van der Waals surface area contributed by atoms with Crippen molar-refractivity contribution in [1.82, 2.24) is 0 Å². The zero-order valence-electron chi connectivity index (χ0n) is 16.8. The van der Waals surface area contributed by atoms with Crippen LogP contribution in [0.15, 0.2) is 0 Å². The van der Waals surface area contributed by atoms with E-state index in [1.54, 1.807) is 0 Å². The smallest absolute Gasteiger partial charge is 0.305 e. The monoisotopic (exact) mass is 356 g/mol. The van der Waals surface area contributed by atoms with Crippen LogP contribution in [0.1, 0.15) is 104 Å². The van der Waals surface area contributed by atoms with Gasteiger partial charge in [0.2, 0.25) is 0 Å². The summed E-state index contributed by atoms with van der Waals surface area (Å²) in [7, 11) is 0. The van der Waals surface area contributed by atoms with Gasteiger partial charge in [-0.25, -0.2) is 0 Å². The van der Waals surface area contributed by atoms with Crippen LogP contribution in [0.3, 0.4) is 0 Å². The van der Waals surface area contributed by atoms with Crippen LogP contribution >= 0.6 is 0 Å². The standard InChI is InChI=1S/C21H40O4/c1-4-5-6-7-8-9-10-11-12-17-24-20(22)14-13-15-21(23)25-18-16-19(2)3/h19H,4-18H2,1-3H3. The number of rotatable bonds is 17. The van der Waals surface area contributed by atoms with E-state index in [0.717, 1.165) is 19.3 Å². The van der Waals surface area contributed by atoms with Crippen molar-refractivity contribution in [3.05, 3.63) is 0 Å². The second kappa shape index (κ2) is 17.8. The predicted molar refractivity (Wildman–Crippen MR) is 102 cm³/mol. The van der Waals surface area contributed by atoms with Gasteiger partial charge in [0.05, 0.1) is 13.2 Å². The summed E-state index contributed by atoms with van der Waals surface area (Å²) in [6.45, 7) is 7.41. The Balaban J connectivity index is 3.32. The maximum Gasteiger partial charge on any atom is 0.305 e. The lowest BCUT2D eigenvalue weighted by Gasteiger charge is -2.07. The first kappa shape index (κ1) is 23.9. The minimum absolute atomic E-state index is 0.199. The van der Waals surface area contributed by atoms with Crippen LogP contribution in [0.2, 0.25) is 0 Å². The summed E-state index contributed by atoms with van der Waals surface area (Å²) in [6, 6.07) is 0. The van der Waals surface area contributed by atoms with Gasteiger partial charge in [-0.15, -0.1) is 0 Å². The minimum atomic E-state index is -0.215. The van der Waals surface area contributed by atoms with E-state index in [0.29, 0.717) is 38.4 Å². The third-order valence-corrected chi connectivity index (χ3v) is 4.23. The fraction of sp³-hybridized carbons (Fsp3) is 0.905. The number of unbranched alkanes of at least 4 members (excludes halogenated alkanes) is 8. The van der Waals surface area contributed by atoms with Crippen LogP contribution in [0.25, 0.3) is 0 Å². The Morgan fingerprint density at radius 2 is 1.16 bits per heavy atom. The molecule has 0 fully saturated rings. The quantitative estimate of drug-likeness (QED) is 0.243. The lowest BCUT2D eigenvalue weighted by Crippen LogP contribution is -2.10. The third-order valence-electron chi connectivity index (χ3n) is 4.23. The molecule has 0 unspecified atom stereocenters. The van der Waals surface area contributed by atoms with Gasteiger partial charge in [0, 0.05) is 12.8 Å². The summed E-state index contributed by atoms with van der Waals surface area (Å²) in [4.78, 5) is 23.1. The molecule has 0 aliphatic rings. The molecule has 148 valence electrons. The van der Waals surface area contributed by atoms with Gasteiger partial charge in [-0.05, 0) is 25.2 Å². The number of hydrogen-bond acceptors (Lipinski definition) is 4. The second-order valence-corrected chi connectivity index (χ2v) is 7.31. The molecular weight excluding hydrogens is 316 g/mol. The van der Waals surface area contributed by atoms with Crippen LogP contribution in [0.4, 0.5) is 0 Å². The lowest BCUT2D eigenvalue weighted by atomic mass is 10.1. The number of esters is 2. The number of ether oxygens (including phenoxy) is 2. The fourth-order valence-corrected chi connectivity index (χ4v) is 2.53. The van der Waals surface area contributed by atoms with Gasteiger partial charge in [-0.3, -0.25) is 9.59 Å². The summed E-state index contributed by atoms with van der Waals surface area (Å²) in [5.41, 5.74) is 0. The predicted octanol–water partition coefficient (Wildman–Crippen LogP) is 5.82. The van der Waals surface area contributed by atoms with Crippen LogP contribution < -0.4 is 0 Å². The van der Waals surface area contributed by atoms with Crippen molar-refractivity contribution in [2.45, 2.75) is 104 Å². The zero-order valence-corrected chi connectivity index (χ0v) is 16.8. The topological polar surface area (TPSA) is 52.6 Å². The van der Waals surface area contributed by atoms with E-state index in [1.807, 2.05) is 0 Å². The molecule has 0 N–H and O–H groups in total. The molecule has 25 heavy (non-hydrogen) atoms. The first-order chi connectivity index (χ1) is 12.1.